The topological polar surface area (TPSA) is 92.1 Å². The molecule has 3 heterocycles. The second kappa shape index (κ2) is 7.94. The summed E-state index contributed by atoms with van der Waals surface area (Å²) >= 11 is 0. The first-order chi connectivity index (χ1) is 15.0. The van der Waals surface area contributed by atoms with Crippen LogP contribution in [0.4, 0.5) is 0 Å². The predicted octanol–water partition coefficient (Wildman–Crippen LogP) is 4.23. The van der Waals surface area contributed by atoms with E-state index in [1.165, 1.54) is 0 Å². The number of aromatic nitrogens is 3. The molecular weight excluding hydrogens is 412 g/mol. The second-order valence-corrected chi connectivity index (χ2v) is 10.1. The number of fused-ring (bicyclic) bond motifs is 1. The molecule has 7 nitrogen and oxygen atoms in total. The van der Waals surface area contributed by atoms with Gasteiger partial charge < -0.3 is 9.51 Å². The SMILES string of the molecule is CC1CCN(S(=O)(=O)c2ccc(-c3noc(Cc4c[nH]c5ccccc45)n3)cc2)CC1. The molecule has 31 heavy (non-hydrogen) atoms. The summed E-state index contributed by atoms with van der Waals surface area (Å²) in [7, 11) is -3.47. The number of para-hydroxylation sites is 1. The van der Waals surface area contributed by atoms with Crippen LogP contribution < -0.4 is 0 Å². The van der Waals surface area contributed by atoms with Crippen LogP contribution in [0.3, 0.4) is 0 Å². The van der Waals surface area contributed by atoms with Gasteiger partial charge in [-0.2, -0.15) is 9.29 Å². The summed E-state index contributed by atoms with van der Waals surface area (Å²) in [6.45, 7) is 3.32. The van der Waals surface area contributed by atoms with Crippen molar-refractivity contribution in [3.05, 3.63) is 66.2 Å². The maximum Gasteiger partial charge on any atom is 0.243 e. The molecule has 0 spiro atoms. The normalized spacial score (nSPS) is 16.2. The Bertz CT molecular complexity index is 1300. The first-order valence-corrected chi connectivity index (χ1v) is 11.9. The molecular formula is C23H24N4O3S. The molecule has 0 aliphatic carbocycles. The van der Waals surface area contributed by atoms with E-state index in [0.717, 1.165) is 34.9 Å². The van der Waals surface area contributed by atoms with Gasteiger partial charge in [0.25, 0.3) is 0 Å². The number of piperidine rings is 1. The van der Waals surface area contributed by atoms with Gasteiger partial charge in [0.15, 0.2) is 0 Å². The van der Waals surface area contributed by atoms with Crippen LogP contribution in [0.2, 0.25) is 0 Å². The molecule has 0 bridgehead atoms. The number of benzene rings is 2. The van der Waals surface area contributed by atoms with Crippen molar-refractivity contribution in [1.29, 1.82) is 0 Å². The largest absolute Gasteiger partial charge is 0.361 e. The number of nitrogens with zero attached hydrogens (tertiary/aromatic N) is 3. The third kappa shape index (κ3) is 3.88. The Balaban J connectivity index is 1.33. The molecule has 0 amide bonds. The number of sulfonamides is 1. The molecule has 8 heteroatoms. The Hall–Kier alpha value is -2.97. The third-order valence-electron chi connectivity index (χ3n) is 5.98. The van der Waals surface area contributed by atoms with E-state index in [1.54, 1.807) is 28.6 Å². The quantitative estimate of drug-likeness (QED) is 0.505. The van der Waals surface area contributed by atoms with Crippen LogP contribution >= 0.6 is 0 Å². The summed E-state index contributed by atoms with van der Waals surface area (Å²) < 4.78 is 32.8. The molecule has 1 aliphatic rings. The van der Waals surface area contributed by atoms with Crippen molar-refractivity contribution >= 4 is 20.9 Å². The molecule has 0 saturated carbocycles. The van der Waals surface area contributed by atoms with Crippen LogP contribution in [0.1, 0.15) is 31.2 Å². The average Bonchev–Trinajstić information content (AvgIpc) is 3.42. The smallest absolute Gasteiger partial charge is 0.243 e. The van der Waals surface area contributed by atoms with Gasteiger partial charge in [0.05, 0.1) is 11.3 Å². The number of aromatic amines is 1. The van der Waals surface area contributed by atoms with Gasteiger partial charge in [-0.15, -0.1) is 0 Å². The summed E-state index contributed by atoms with van der Waals surface area (Å²) in [5.74, 6) is 1.54. The fourth-order valence-corrected chi connectivity index (χ4v) is 5.50. The molecule has 4 aromatic rings. The van der Waals surface area contributed by atoms with Gasteiger partial charge in [0.1, 0.15) is 0 Å². The summed E-state index contributed by atoms with van der Waals surface area (Å²) in [6, 6.07) is 14.8. The molecule has 1 fully saturated rings. The fraction of sp³-hybridized carbons (Fsp3) is 0.304. The van der Waals surface area contributed by atoms with Gasteiger partial charge in [0.2, 0.25) is 21.7 Å². The minimum atomic E-state index is -3.47. The molecule has 1 aliphatic heterocycles. The van der Waals surface area contributed by atoms with E-state index in [-0.39, 0.29) is 0 Å². The van der Waals surface area contributed by atoms with Crippen molar-refractivity contribution in [3.63, 3.8) is 0 Å². The fourth-order valence-electron chi connectivity index (χ4n) is 4.04. The highest BCUT2D eigenvalue weighted by Gasteiger charge is 2.28. The summed E-state index contributed by atoms with van der Waals surface area (Å²) in [4.78, 5) is 8.05. The van der Waals surface area contributed by atoms with Gasteiger partial charge in [-0.05, 0) is 54.7 Å². The van der Waals surface area contributed by atoms with E-state index in [0.29, 0.717) is 42.0 Å². The standard InChI is InChI=1S/C23H24N4O3S/c1-16-10-12-27(13-11-16)31(28,29)19-8-6-17(7-9-19)23-25-22(30-26-23)14-18-15-24-21-5-3-2-4-20(18)21/h2-9,15-16,24H,10-14H2,1H3. The Labute approximate surface area is 181 Å². The number of hydrogen-bond donors (Lipinski definition) is 1. The van der Waals surface area contributed by atoms with Gasteiger partial charge in [0, 0.05) is 35.8 Å². The highest BCUT2D eigenvalue weighted by Crippen LogP contribution is 2.26. The highest BCUT2D eigenvalue weighted by molar-refractivity contribution is 7.89. The summed E-state index contributed by atoms with van der Waals surface area (Å²) in [5, 5.41) is 5.21. The van der Waals surface area contributed by atoms with Crippen molar-refractivity contribution in [2.45, 2.75) is 31.1 Å². The molecule has 0 atom stereocenters. The van der Waals surface area contributed by atoms with Gasteiger partial charge >= 0.3 is 0 Å². The number of nitrogens with one attached hydrogen (secondary N) is 1. The van der Waals surface area contributed by atoms with Gasteiger partial charge in [-0.25, -0.2) is 8.42 Å². The van der Waals surface area contributed by atoms with Crippen LogP contribution in [0, 0.1) is 5.92 Å². The number of hydrogen-bond acceptors (Lipinski definition) is 5. The third-order valence-corrected chi connectivity index (χ3v) is 7.89. The zero-order valence-corrected chi connectivity index (χ0v) is 18.1. The molecule has 1 N–H and O–H groups in total. The molecule has 1 saturated heterocycles. The van der Waals surface area contributed by atoms with Crippen molar-refractivity contribution in [3.8, 4) is 11.4 Å². The van der Waals surface area contributed by atoms with Crippen LogP contribution in [-0.2, 0) is 16.4 Å². The Kier molecular flexibility index (Phi) is 5.11. The van der Waals surface area contributed by atoms with Crippen molar-refractivity contribution in [2.75, 3.05) is 13.1 Å². The maximum atomic E-state index is 12.9. The lowest BCUT2D eigenvalue weighted by atomic mass is 10.0. The minimum Gasteiger partial charge on any atom is -0.361 e. The van der Waals surface area contributed by atoms with Crippen LogP contribution in [-0.4, -0.2) is 40.9 Å². The molecule has 0 unspecified atom stereocenters. The predicted molar refractivity (Wildman–Crippen MR) is 118 cm³/mol. The van der Waals surface area contributed by atoms with Crippen molar-refractivity contribution in [2.24, 2.45) is 5.92 Å². The van der Waals surface area contributed by atoms with E-state index < -0.39 is 10.0 Å². The Morgan fingerprint density at radius 1 is 1.10 bits per heavy atom. The molecule has 0 radical (unpaired) electrons. The molecule has 160 valence electrons. The minimum absolute atomic E-state index is 0.299. The Morgan fingerprint density at radius 2 is 1.84 bits per heavy atom. The maximum absolute atomic E-state index is 12.9. The first-order valence-electron chi connectivity index (χ1n) is 10.5. The lowest BCUT2D eigenvalue weighted by Crippen LogP contribution is -2.37. The van der Waals surface area contributed by atoms with E-state index in [9.17, 15) is 8.42 Å². The molecule has 5 rings (SSSR count). The zero-order valence-electron chi connectivity index (χ0n) is 17.3. The lowest BCUT2D eigenvalue weighted by Gasteiger charge is -2.29. The lowest BCUT2D eigenvalue weighted by molar-refractivity contribution is 0.288. The second-order valence-electron chi connectivity index (χ2n) is 8.16. The van der Waals surface area contributed by atoms with Gasteiger partial charge in [-0.3, -0.25) is 0 Å². The van der Waals surface area contributed by atoms with Gasteiger partial charge in [-0.1, -0.05) is 30.3 Å². The monoisotopic (exact) mass is 436 g/mol. The van der Waals surface area contributed by atoms with E-state index in [1.807, 2.05) is 24.4 Å². The zero-order chi connectivity index (χ0) is 21.4. The average molecular weight is 437 g/mol. The van der Waals surface area contributed by atoms with Crippen LogP contribution in [0.15, 0.2) is 64.1 Å². The van der Waals surface area contributed by atoms with E-state index >= 15 is 0 Å². The van der Waals surface area contributed by atoms with Crippen molar-refractivity contribution < 1.29 is 12.9 Å². The van der Waals surface area contributed by atoms with Crippen LogP contribution in [0.25, 0.3) is 22.3 Å². The molecule has 2 aromatic heterocycles. The van der Waals surface area contributed by atoms with E-state index in [2.05, 4.69) is 28.1 Å². The summed E-state index contributed by atoms with van der Waals surface area (Å²) in [5.41, 5.74) is 2.88. The summed E-state index contributed by atoms with van der Waals surface area (Å²) in [6.07, 6.45) is 4.28. The number of H-pyrrole nitrogens is 1. The Morgan fingerprint density at radius 3 is 2.61 bits per heavy atom. The molecule has 2 aromatic carbocycles. The van der Waals surface area contributed by atoms with E-state index in [4.69, 9.17) is 4.52 Å². The highest BCUT2D eigenvalue weighted by atomic mass is 32.2. The first kappa shape index (κ1) is 20.0. The number of rotatable bonds is 5. The van der Waals surface area contributed by atoms with Crippen LogP contribution in [0.5, 0.6) is 0 Å². The van der Waals surface area contributed by atoms with Crippen molar-refractivity contribution in [1.82, 2.24) is 19.4 Å².